The number of rotatable bonds is 7. The fraction of sp³-hybridized carbons (Fsp3) is 0.474. The first-order valence-corrected chi connectivity index (χ1v) is 10.1. The molecule has 2 heterocycles. The zero-order valence-electron chi connectivity index (χ0n) is 15.6. The Morgan fingerprint density at radius 1 is 1.37 bits per heavy atom. The topological polar surface area (TPSA) is 57.5 Å². The van der Waals surface area contributed by atoms with E-state index in [-0.39, 0.29) is 24.0 Å². The van der Waals surface area contributed by atoms with Gasteiger partial charge in [0, 0.05) is 55.6 Å². The largest absolute Gasteiger partial charge is 0.368 e. The minimum Gasteiger partial charge on any atom is -0.368 e. The van der Waals surface area contributed by atoms with Gasteiger partial charge in [0.25, 0.3) is 0 Å². The Hall–Kier alpha value is -1.29. The molecule has 1 unspecified atom stereocenters. The summed E-state index contributed by atoms with van der Waals surface area (Å²) in [5.74, 6) is 0.914. The standard InChI is InChI=1S/C19H27BrN6.HI/c1-2-22-19(23-9-5-11-25-13-10-21-15-25)24-16-8-12-26(14-16)18-7-4-3-6-17(18)20;/h3-4,6-7,10,13,15-16H,2,5,8-9,11-12,14H2,1H3,(H2,22,23,24);1H. The van der Waals surface area contributed by atoms with E-state index in [2.05, 4.69) is 72.2 Å². The summed E-state index contributed by atoms with van der Waals surface area (Å²) in [5.41, 5.74) is 1.26. The molecule has 6 nitrogen and oxygen atoms in total. The van der Waals surface area contributed by atoms with Crippen LogP contribution in [0.4, 0.5) is 5.69 Å². The Labute approximate surface area is 187 Å². The van der Waals surface area contributed by atoms with Gasteiger partial charge in [-0.05, 0) is 47.8 Å². The number of aromatic nitrogens is 2. The molecule has 1 aromatic carbocycles. The predicted molar refractivity (Wildman–Crippen MR) is 126 cm³/mol. The van der Waals surface area contributed by atoms with Crippen molar-refractivity contribution in [2.75, 3.05) is 31.1 Å². The molecule has 8 heteroatoms. The molecule has 0 saturated carbocycles. The fourth-order valence-corrected chi connectivity index (χ4v) is 3.72. The molecule has 2 aromatic rings. The maximum atomic E-state index is 4.72. The number of imidazole rings is 1. The monoisotopic (exact) mass is 546 g/mol. The molecule has 1 aromatic heterocycles. The van der Waals surface area contributed by atoms with Crippen molar-refractivity contribution in [1.82, 2.24) is 20.2 Å². The van der Waals surface area contributed by atoms with Gasteiger partial charge in [-0.3, -0.25) is 4.99 Å². The van der Waals surface area contributed by atoms with Gasteiger partial charge < -0.3 is 20.1 Å². The Balaban J connectivity index is 0.00000261. The van der Waals surface area contributed by atoms with Crippen molar-refractivity contribution in [2.45, 2.75) is 32.4 Å². The highest BCUT2D eigenvalue weighted by molar-refractivity contribution is 14.0. The average molecular weight is 547 g/mol. The molecular formula is C19H28BrIN6. The van der Waals surface area contributed by atoms with Crippen molar-refractivity contribution in [2.24, 2.45) is 4.99 Å². The summed E-state index contributed by atoms with van der Waals surface area (Å²) in [6.45, 7) is 6.76. The lowest BCUT2D eigenvalue weighted by molar-refractivity contribution is 0.630. The molecule has 27 heavy (non-hydrogen) atoms. The molecule has 1 aliphatic heterocycles. The highest BCUT2D eigenvalue weighted by Gasteiger charge is 2.24. The molecule has 0 aliphatic carbocycles. The molecule has 0 bridgehead atoms. The number of para-hydroxylation sites is 1. The third-order valence-corrected chi connectivity index (χ3v) is 5.14. The van der Waals surface area contributed by atoms with Crippen molar-refractivity contribution in [1.29, 1.82) is 0 Å². The first-order chi connectivity index (χ1) is 12.8. The lowest BCUT2D eigenvalue weighted by atomic mass is 10.2. The van der Waals surface area contributed by atoms with Gasteiger partial charge in [-0.15, -0.1) is 24.0 Å². The fourth-order valence-electron chi connectivity index (χ4n) is 3.18. The van der Waals surface area contributed by atoms with Gasteiger partial charge in [-0.2, -0.15) is 0 Å². The summed E-state index contributed by atoms with van der Waals surface area (Å²) in [4.78, 5) is 11.2. The third-order valence-electron chi connectivity index (χ3n) is 4.47. The van der Waals surface area contributed by atoms with Crippen molar-refractivity contribution in [3.8, 4) is 0 Å². The number of hydrogen-bond donors (Lipinski definition) is 2. The van der Waals surface area contributed by atoms with Crippen LogP contribution < -0.4 is 15.5 Å². The molecule has 0 radical (unpaired) electrons. The van der Waals surface area contributed by atoms with Gasteiger partial charge in [-0.1, -0.05) is 12.1 Å². The van der Waals surface area contributed by atoms with E-state index < -0.39 is 0 Å². The number of hydrogen-bond acceptors (Lipinski definition) is 3. The second kappa shape index (κ2) is 11.5. The van der Waals surface area contributed by atoms with Crippen LogP contribution >= 0.6 is 39.9 Å². The molecule has 1 saturated heterocycles. The van der Waals surface area contributed by atoms with Crippen LogP contribution in [-0.2, 0) is 6.54 Å². The van der Waals surface area contributed by atoms with Crippen molar-refractivity contribution in [3.05, 3.63) is 47.5 Å². The maximum Gasteiger partial charge on any atom is 0.191 e. The molecule has 0 amide bonds. The average Bonchev–Trinajstić information content (AvgIpc) is 3.31. The zero-order chi connectivity index (χ0) is 18.2. The van der Waals surface area contributed by atoms with Crippen LogP contribution in [0.15, 0.2) is 52.5 Å². The molecular weight excluding hydrogens is 519 g/mol. The van der Waals surface area contributed by atoms with Crippen LogP contribution in [-0.4, -0.2) is 47.7 Å². The smallest absolute Gasteiger partial charge is 0.191 e. The summed E-state index contributed by atoms with van der Waals surface area (Å²) >= 11 is 3.66. The van der Waals surface area contributed by atoms with E-state index in [1.54, 1.807) is 0 Å². The van der Waals surface area contributed by atoms with Gasteiger partial charge in [0.15, 0.2) is 5.96 Å². The summed E-state index contributed by atoms with van der Waals surface area (Å²) in [7, 11) is 0. The molecule has 1 fully saturated rings. The second-order valence-electron chi connectivity index (χ2n) is 6.44. The summed E-state index contributed by atoms with van der Waals surface area (Å²) in [6.07, 6.45) is 7.76. The lowest BCUT2D eigenvalue weighted by Crippen LogP contribution is -2.44. The molecule has 3 rings (SSSR count). The highest BCUT2D eigenvalue weighted by Crippen LogP contribution is 2.28. The minimum atomic E-state index is 0. The van der Waals surface area contributed by atoms with E-state index in [1.165, 1.54) is 5.69 Å². The Kier molecular flexibility index (Phi) is 9.40. The summed E-state index contributed by atoms with van der Waals surface area (Å²) in [6, 6.07) is 8.82. The normalized spacial score (nSPS) is 16.9. The number of nitrogens with zero attached hydrogens (tertiary/aromatic N) is 4. The van der Waals surface area contributed by atoms with Gasteiger partial charge in [0.1, 0.15) is 0 Å². The zero-order valence-corrected chi connectivity index (χ0v) is 19.6. The van der Waals surface area contributed by atoms with Crippen LogP contribution in [0.5, 0.6) is 0 Å². The number of halogens is 2. The van der Waals surface area contributed by atoms with E-state index in [0.29, 0.717) is 6.04 Å². The number of benzene rings is 1. The minimum absolute atomic E-state index is 0. The Bertz CT molecular complexity index is 706. The maximum absolute atomic E-state index is 4.72. The van der Waals surface area contributed by atoms with Crippen LogP contribution in [0.2, 0.25) is 0 Å². The molecule has 2 N–H and O–H groups in total. The van der Waals surface area contributed by atoms with Crippen LogP contribution in [0, 0.1) is 0 Å². The van der Waals surface area contributed by atoms with E-state index >= 15 is 0 Å². The van der Waals surface area contributed by atoms with Crippen LogP contribution in [0.25, 0.3) is 0 Å². The molecule has 0 spiro atoms. The van der Waals surface area contributed by atoms with Gasteiger partial charge in [0.2, 0.25) is 0 Å². The van der Waals surface area contributed by atoms with Crippen molar-refractivity contribution in [3.63, 3.8) is 0 Å². The SMILES string of the molecule is CCNC(=NCCCn1ccnc1)NC1CCN(c2ccccc2Br)C1.I. The molecule has 1 aliphatic rings. The van der Waals surface area contributed by atoms with Gasteiger partial charge >= 0.3 is 0 Å². The third kappa shape index (κ3) is 6.67. The first kappa shape index (κ1) is 22.0. The number of aryl methyl sites for hydroxylation is 1. The summed E-state index contributed by atoms with van der Waals surface area (Å²) in [5, 5.41) is 6.95. The van der Waals surface area contributed by atoms with E-state index in [0.717, 1.165) is 56.0 Å². The Morgan fingerprint density at radius 3 is 2.96 bits per heavy atom. The van der Waals surface area contributed by atoms with Crippen molar-refractivity contribution < 1.29 is 0 Å². The predicted octanol–water partition coefficient (Wildman–Crippen LogP) is 3.49. The van der Waals surface area contributed by atoms with Crippen LogP contribution in [0.1, 0.15) is 19.8 Å². The second-order valence-corrected chi connectivity index (χ2v) is 7.30. The van der Waals surface area contributed by atoms with Crippen LogP contribution in [0.3, 0.4) is 0 Å². The van der Waals surface area contributed by atoms with Crippen molar-refractivity contribution >= 4 is 51.6 Å². The first-order valence-electron chi connectivity index (χ1n) is 9.26. The summed E-state index contributed by atoms with van der Waals surface area (Å²) < 4.78 is 3.24. The molecule has 1 atom stereocenters. The molecule has 148 valence electrons. The number of guanidine groups is 1. The highest BCUT2D eigenvalue weighted by atomic mass is 127. The van der Waals surface area contributed by atoms with Gasteiger partial charge in [-0.25, -0.2) is 4.98 Å². The lowest BCUT2D eigenvalue weighted by Gasteiger charge is -2.21. The van der Waals surface area contributed by atoms with E-state index in [9.17, 15) is 0 Å². The Morgan fingerprint density at radius 2 is 2.22 bits per heavy atom. The van der Waals surface area contributed by atoms with E-state index in [1.807, 2.05) is 18.7 Å². The number of nitrogens with one attached hydrogen (secondary N) is 2. The number of aliphatic imine (C=N–C) groups is 1. The number of anilines is 1. The van der Waals surface area contributed by atoms with Gasteiger partial charge in [0.05, 0.1) is 12.0 Å². The van der Waals surface area contributed by atoms with E-state index in [4.69, 9.17) is 4.99 Å². The quantitative estimate of drug-likeness (QED) is 0.241.